The summed E-state index contributed by atoms with van der Waals surface area (Å²) in [5.41, 5.74) is 3.36. The van der Waals surface area contributed by atoms with E-state index in [1.165, 1.54) is 11.1 Å². The second kappa shape index (κ2) is 6.08. The number of fused-ring (bicyclic) bond motifs is 1. The van der Waals surface area contributed by atoms with Gasteiger partial charge in [-0.05, 0) is 48.6 Å². The minimum absolute atomic E-state index is 0.0994. The van der Waals surface area contributed by atoms with Crippen molar-refractivity contribution in [2.45, 2.75) is 31.3 Å². The Morgan fingerprint density at radius 2 is 2.05 bits per heavy atom. The lowest BCUT2D eigenvalue weighted by atomic mass is 9.78. The van der Waals surface area contributed by atoms with E-state index in [-0.39, 0.29) is 5.92 Å². The summed E-state index contributed by atoms with van der Waals surface area (Å²) in [5.74, 6) is 0.789. The molecule has 1 aliphatic carbocycles. The monoisotopic (exact) mass is 302 g/mol. The minimum atomic E-state index is -0.597. The van der Waals surface area contributed by atoms with Crippen molar-refractivity contribution in [2.75, 3.05) is 7.11 Å². The molecule has 0 radical (unpaired) electrons. The summed E-state index contributed by atoms with van der Waals surface area (Å²) >= 11 is 6.09. The summed E-state index contributed by atoms with van der Waals surface area (Å²) in [6, 6.07) is 13.8. The van der Waals surface area contributed by atoms with Crippen LogP contribution in [0.5, 0.6) is 5.75 Å². The van der Waals surface area contributed by atoms with Gasteiger partial charge < -0.3 is 9.84 Å². The molecule has 0 heterocycles. The lowest BCUT2D eigenvalue weighted by Gasteiger charge is -2.30. The van der Waals surface area contributed by atoms with E-state index in [2.05, 4.69) is 18.2 Å². The van der Waals surface area contributed by atoms with E-state index in [1.807, 2.05) is 18.2 Å². The van der Waals surface area contributed by atoms with E-state index in [4.69, 9.17) is 16.3 Å². The van der Waals surface area contributed by atoms with Crippen LogP contribution in [0.4, 0.5) is 0 Å². The van der Waals surface area contributed by atoms with Gasteiger partial charge in [0.2, 0.25) is 0 Å². The topological polar surface area (TPSA) is 29.5 Å². The molecule has 3 heteroatoms. The first kappa shape index (κ1) is 14.4. The van der Waals surface area contributed by atoms with E-state index in [9.17, 15) is 5.11 Å². The molecule has 0 fully saturated rings. The number of halogens is 1. The van der Waals surface area contributed by atoms with Gasteiger partial charge in [-0.15, -0.1) is 0 Å². The van der Waals surface area contributed by atoms with Crippen LogP contribution in [0, 0.1) is 0 Å². The molecule has 0 bridgehead atoms. The van der Waals surface area contributed by atoms with Crippen LogP contribution in [0.15, 0.2) is 42.5 Å². The summed E-state index contributed by atoms with van der Waals surface area (Å²) in [6.07, 6.45) is 2.57. The van der Waals surface area contributed by atoms with Gasteiger partial charge >= 0.3 is 0 Å². The van der Waals surface area contributed by atoms with Gasteiger partial charge in [-0.2, -0.15) is 0 Å². The maximum Gasteiger partial charge on any atom is 0.124 e. The molecule has 2 atom stereocenters. The third-order valence-corrected chi connectivity index (χ3v) is 4.54. The lowest BCUT2D eigenvalue weighted by molar-refractivity contribution is 0.132. The molecule has 21 heavy (non-hydrogen) atoms. The fraction of sp³-hybridized carbons (Fsp3) is 0.333. The van der Waals surface area contributed by atoms with Crippen molar-refractivity contribution in [1.82, 2.24) is 0 Å². The fourth-order valence-electron chi connectivity index (χ4n) is 3.27. The second-order valence-electron chi connectivity index (χ2n) is 5.53. The van der Waals surface area contributed by atoms with Gasteiger partial charge in [0.1, 0.15) is 5.75 Å². The van der Waals surface area contributed by atoms with E-state index in [1.54, 1.807) is 13.2 Å². The largest absolute Gasteiger partial charge is 0.496 e. The predicted molar refractivity (Wildman–Crippen MR) is 85.1 cm³/mol. The standard InChI is InChI=1S/C18H19ClO2/c1-21-17-10-9-13(19)11-16(17)18(20)15-8-4-6-12-5-2-3-7-14(12)15/h2-3,5,7,9-11,15,18,20H,4,6,8H2,1H3. The summed E-state index contributed by atoms with van der Waals surface area (Å²) in [5, 5.41) is 11.5. The van der Waals surface area contributed by atoms with Gasteiger partial charge in [0.25, 0.3) is 0 Å². The maximum absolute atomic E-state index is 10.9. The molecule has 1 N–H and O–H groups in total. The average Bonchev–Trinajstić information content (AvgIpc) is 2.53. The normalized spacial score (nSPS) is 18.9. The number of aryl methyl sites for hydroxylation is 1. The molecule has 0 spiro atoms. The van der Waals surface area contributed by atoms with Gasteiger partial charge in [-0.1, -0.05) is 35.9 Å². The molecule has 0 amide bonds. The maximum atomic E-state index is 10.9. The van der Waals surface area contributed by atoms with Crippen molar-refractivity contribution in [1.29, 1.82) is 0 Å². The van der Waals surface area contributed by atoms with E-state index in [0.29, 0.717) is 10.8 Å². The molecule has 110 valence electrons. The molecule has 2 aromatic rings. The predicted octanol–water partition coefficient (Wildman–Crippen LogP) is 4.50. The Labute approximate surface area is 130 Å². The highest BCUT2D eigenvalue weighted by Gasteiger charge is 2.29. The molecule has 2 nitrogen and oxygen atoms in total. The van der Waals surface area contributed by atoms with E-state index in [0.717, 1.165) is 24.8 Å². The fourth-order valence-corrected chi connectivity index (χ4v) is 3.45. The molecule has 0 saturated carbocycles. The zero-order chi connectivity index (χ0) is 14.8. The van der Waals surface area contributed by atoms with E-state index < -0.39 is 6.10 Å². The quantitative estimate of drug-likeness (QED) is 0.904. The molecule has 0 saturated heterocycles. The average molecular weight is 303 g/mol. The minimum Gasteiger partial charge on any atom is -0.496 e. The number of methoxy groups -OCH3 is 1. The number of ether oxygens (including phenoxy) is 1. The highest BCUT2D eigenvalue weighted by Crippen LogP contribution is 2.43. The van der Waals surface area contributed by atoms with Crippen LogP contribution in [0.3, 0.4) is 0 Å². The number of hydrogen-bond acceptors (Lipinski definition) is 2. The van der Waals surface area contributed by atoms with Gasteiger partial charge in [0.05, 0.1) is 13.2 Å². The molecule has 0 aromatic heterocycles. The first-order valence-electron chi connectivity index (χ1n) is 7.30. The van der Waals surface area contributed by atoms with Gasteiger partial charge in [-0.3, -0.25) is 0 Å². The molecule has 3 rings (SSSR count). The highest BCUT2D eigenvalue weighted by molar-refractivity contribution is 6.30. The van der Waals surface area contributed by atoms with Crippen molar-refractivity contribution >= 4 is 11.6 Å². The van der Waals surface area contributed by atoms with Crippen LogP contribution >= 0.6 is 11.6 Å². The SMILES string of the molecule is COc1ccc(Cl)cc1C(O)C1CCCc2ccccc21. The Bertz CT molecular complexity index is 639. The molecule has 0 aliphatic heterocycles. The number of aliphatic hydroxyl groups excluding tert-OH is 1. The number of benzene rings is 2. The summed E-state index contributed by atoms with van der Waals surface area (Å²) in [7, 11) is 1.62. The third kappa shape index (κ3) is 2.78. The number of aliphatic hydroxyl groups is 1. The molecule has 1 aliphatic rings. The van der Waals surface area contributed by atoms with Crippen molar-refractivity contribution < 1.29 is 9.84 Å². The molecular formula is C18H19ClO2. The van der Waals surface area contributed by atoms with Crippen molar-refractivity contribution in [3.8, 4) is 5.75 Å². The third-order valence-electron chi connectivity index (χ3n) is 4.31. The Kier molecular flexibility index (Phi) is 4.18. The summed E-state index contributed by atoms with van der Waals surface area (Å²) in [6.45, 7) is 0. The van der Waals surface area contributed by atoms with Gasteiger partial charge in [0.15, 0.2) is 0 Å². The second-order valence-corrected chi connectivity index (χ2v) is 5.97. The first-order chi connectivity index (χ1) is 10.2. The van der Waals surface area contributed by atoms with Crippen LogP contribution in [0.1, 0.15) is 41.6 Å². The van der Waals surface area contributed by atoms with Gasteiger partial charge in [0, 0.05) is 16.5 Å². The van der Waals surface area contributed by atoms with Crippen molar-refractivity contribution in [2.24, 2.45) is 0 Å². The van der Waals surface area contributed by atoms with Crippen LogP contribution in [-0.4, -0.2) is 12.2 Å². The van der Waals surface area contributed by atoms with Crippen LogP contribution in [0.2, 0.25) is 5.02 Å². The lowest BCUT2D eigenvalue weighted by Crippen LogP contribution is -2.17. The van der Waals surface area contributed by atoms with E-state index >= 15 is 0 Å². The smallest absolute Gasteiger partial charge is 0.124 e. The van der Waals surface area contributed by atoms with Crippen LogP contribution < -0.4 is 4.74 Å². The zero-order valence-corrected chi connectivity index (χ0v) is 12.8. The molecule has 2 unspecified atom stereocenters. The Morgan fingerprint density at radius 1 is 1.24 bits per heavy atom. The zero-order valence-electron chi connectivity index (χ0n) is 12.1. The Balaban J connectivity index is 2.00. The van der Waals surface area contributed by atoms with Crippen LogP contribution in [0.25, 0.3) is 0 Å². The molecular weight excluding hydrogens is 284 g/mol. The van der Waals surface area contributed by atoms with Crippen LogP contribution in [-0.2, 0) is 6.42 Å². The highest BCUT2D eigenvalue weighted by atomic mass is 35.5. The Morgan fingerprint density at radius 3 is 2.86 bits per heavy atom. The summed E-state index contributed by atoms with van der Waals surface area (Å²) < 4.78 is 5.38. The summed E-state index contributed by atoms with van der Waals surface area (Å²) in [4.78, 5) is 0. The Hall–Kier alpha value is -1.51. The van der Waals surface area contributed by atoms with Crippen molar-refractivity contribution in [3.05, 3.63) is 64.2 Å². The first-order valence-corrected chi connectivity index (χ1v) is 7.68. The van der Waals surface area contributed by atoms with Gasteiger partial charge in [-0.25, -0.2) is 0 Å². The molecule has 2 aromatic carbocycles. The number of hydrogen-bond donors (Lipinski definition) is 1. The van der Waals surface area contributed by atoms with Crippen molar-refractivity contribution in [3.63, 3.8) is 0 Å². The number of rotatable bonds is 3.